The van der Waals surface area contributed by atoms with Gasteiger partial charge in [-0.05, 0) is 55.3 Å². The van der Waals surface area contributed by atoms with E-state index in [2.05, 4.69) is 11.4 Å². The second-order valence-corrected chi connectivity index (χ2v) is 7.19. The fourth-order valence-corrected chi connectivity index (χ4v) is 3.46. The summed E-state index contributed by atoms with van der Waals surface area (Å²) in [4.78, 5) is 14.6. The van der Waals surface area contributed by atoms with E-state index in [1.807, 2.05) is 66.2 Å². The maximum absolute atomic E-state index is 12.5. The molecule has 1 fully saturated rings. The fraction of sp³-hybridized carbons (Fsp3) is 0.364. The Morgan fingerprint density at radius 3 is 2.52 bits per heavy atom. The standard InChI is InChI=1S/C22H26N4O/c1-25(2)19-10-12-20(13-11-19)26-14-6-9-21(26)15-17(16-23)22(27)24-18-7-4-3-5-8-18/h6,9-15,18H,3-5,7-8H2,1-2H3,(H,24,27)/b17-15+. The predicted molar refractivity (Wildman–Crippen MR) is 109 cm³/mol. The third-order valence-corrected chi connectivity index (χ3v) is 5.02. The summed E-state index contributed by atoms with van der Waals surface area (Å²) in [7, 11) is 4.01. The Kier molecular flexibility index (Phi) is 5.97. The number of carbonyl (C=O) groups is 1. The molecule has 0 atom stereocenters. The first kappa shape index (κ1) is 18.8. The van der Waals surface area contributed by atoms with Gasteiger partial charge in [0.15, 0.2) is 0 Å². The van der Waals surface area contributed by atoms with Gasteiger partial charge in [0.05, 0.1) is 0 Å². The first-order chi connectivity index (χ1) is 13.1. The minimum absolute atomic E-state index is 0.144. The van der Waals surface area contributed by atoms with Crippen LogP contribution in [0.15, 0.2) is 48.2 Å². The van der Waals surface area contributed by atoms with Gasteiger partial charge < -0.3 is 14.8 Å². The van der Waals surface area contributed by atoms with E-state index >= 15 is 0 Å². The number of hydrogen-bond acceptors (Lipinski definition) is 3. The van der Waals surface area contributed by atoms with Gasteiger partial charge in [0.1, 0.15) is 11.6 Å². The molecule has 1 aromatic carbocycles. The molecule has 1 N–H and O–H groups in total. The van der Waals surface area contributed by atoms with Crippen molar-refractivity contribution in [2.75, 3.05) is 19.0 Å². The predicted octanol–water partition coefficient (Wildman–Crippen LogP) is 3.90. The number of nitriles is 1. The van der Waals surface area contributed by atoms with Gasteiger partial charge in [0.25, 0.3) is 5.91 Å². The molecule has 0 spiro atoms. The van der Waals surface area contributed by atoms with Crippen LogP contribution in [0.1, 0.15) is 37.8 Å². The highest BCUT2D eigenvalue weighted by molar-refractivity contribution is 6.01. The molecule has 0 aliphatic heterocycles. The lowest BCUT2D eigenvalue weighted by Crippen LogP contribution is -2.36. The number of nitrogens with one attached hydrogen (secondary N) is 1. The molecular weight excluding hydrogens is 336 g/mol. The molecule has 1 aliphatic rings. The maximum Gasteiger partial charge on any atom is 0.262 e. The number of rotatable bonds is 5. The van der Waals surface area contributed by atoms with Crippen molar-refractivity contribution < 1.29 is 4.79 Å². The van der Waals surface area contributed by atoms with Crippen molar-refractivity contribution >= 4 is 17.7 Å². The van der Waals surface area contributed by atoms with Gasteiger partial charge in [-0.1, -0.05) is 19.3 Å². The average molecular weight is 362 g/mol. The second-order valence-electron chi connectivity index (χ2n) is 7.19. The van der Waals surface area contributed by atoms with Crippen LogP contribution in [-0.2, 0) is 4.79 Å². The summed E-state index contributed by atoms with van der Waals surface area (Å²) in [5.74, 6) is -0.278. The van der Waals surface area contributed by atoms with Gasteiger partial charge in [0, 0.05) is 43.4 Å². The van der Waals surface area contributed by atoms with Gasteiger partial charge in [-0.15, -0.1) is 0 Å². The quantitative estimate of drug-likeness (QED) is 0.648. The van der Waals surface area contributed by atoms with Gasteiger partial charge >= 0.3 is 0 Å². The minimum atomic E-state index is -0.278. The van der Waals surface area contributed by atoms with Crippen LogP contribution in [0, 0.1) is 11.3 Å². The van der Waals surface area contributed by atoms with E-state index in [1.165, 1.54) is 6.42 Å². The lowest BCUT2D eigenvalue weighted by Gasteiger charge is -2.22. The normalized spacial score (nSPS) is 15.2. The summed E-state index contributed by atoms with van der Waals surface area (Å²) in [6, 6.07) is 14.2. The Balaban J connectivity index is 1.80. The SMILES string of the molecule is CN(C)c1ccc(-n2cccc2/C=C(\C#N)C(=O)NC2CCCCC2)cc1. The van der Waals surface area contributed by atoms with Crippen molar-refractivity contribution in [2.45, 2.75) is 38.1 Å². The number of nitrogens with zero attached hydrogens (tertiary/aromatic N) is 3. The van der Waals surface area contributed by atoms with Crippen molar-refractivity contribution in [1.29, 1.82) is 5.26 Å². The topological polar surface area (TPSA) is 61.1 Å². The molecule has 1 aromatic heterocycles. The van der Waals surface area contributed by atoms with E-state index in [9.17, 15) is 10.1 Å². The van der Waals surface area contributed by atoms with Crippen LogP contribution in [0.4, 0.5) is 5.69 Å². The minimum Gasteiger partial charge on any atom is -0.378 e. The van der Waals surface area contributed by atoms with Crippen LogP contribution < -0.4 is 10.2 Å². The molecule has 0 saturated heterocycles. The van der Waals surface area contributed by atoms with Crippen LogP contribution in [0.2, 0.25) is 0 Å². The lowest BCUT2D eigenvalue weighted by molar-refractivity contribution is -0.117. The van der Waals surface area contributed by atoms with Crippen molar-refractivity contribution in [3.8, 4) is 11.8 Å². The highest BCUT2D eigenvalue weighted by Crippen LogP contribution is 2.20. The van der Waals surface area contributed by atoms with E-state index in [-0.39, 0.29) is 17.5 Å². The van der Waals surface area contributed by atoms with Crippen LogP contribution in [0.3, 0.4) is 0 Å². The van der Waals surface area contributed by atoms with Crippen molar-refractivity contribution in [3.63, 3.8) is 0 Å². The molecule has 1 heterocycles. The summed E-state index contributed by atoms with van der Waals surface area (Å²) in [6.45, 7) is 0. The zero-order valence-electron chi connectivity index (χ0n) is 16.0. The number of carbonyl (C=O) groups excluding carboxylic acids is 1. The number of hydrogen-bond donors (Lipinski definition) is 1. The number of aromatic nitrogens is 1. The lowest BCUT2D eigenvalue weighted by atomic mass is 9.95. The molecule has 5 heteroatoms. The summed E-state index contributed by atoms with van der Waals surface area (Å²) in [6.07, 6.45) is 9.11. The first-order valence-corrected chi connectivity index (χ1v) is 9.46. The van der Waals surface area contributed by atoms with Gasteiger partial charge in [-0.3, -0.25) is 4.79 Å². The first-order valence-electron chi connectivity index (χ1n) is 9.46. The summed E-state index contributed by atoms with van der Waals surface area (Å²) < 4.78 is 1.98. The van der Waals surface area contributed by atoms with Crippen molar-refractivity contribution in [2.24, 2.45) is 0 Å². The summed E-state index contributed by atoms with van der Waals surface area (Å²) >= 11 is 0. The molecule has 1 saturated carbocycles. The molecule has 5 nitrogen and oxygen atoms in total. The molecule has 27 heavy (non-hydrogen) atoms. The molecular formula is C22H26N4O. The average Bonchev–Trinajstić information content (AvgIpc) is 3.15. The van der Waals surface area contributed by atoms with Crippen LogP contribution in [-0.4, -0.2) is 30.6 Å². The Bertz CT molecular complexity index is 849. The smallest absolute Gasteiger partial charge is 0.262 e. The van der Waals surface area contributed by atoms with Gasteiger partial charge in [-0.2, -0.15) is 5.26 Å². The van der Waals surface area contributed by atoms with Gasteiger partial charge in [0.2, 0.25) is 0 Å². The molecule has 0 bridgehead atoms. The van der Waals surface area contributed by atoms with Gasteiger partial charge in [-0.25, -0.2) is 0 Å². The third kappa shape index (κ3) is 4.59. The molecule has 3 rings (SSSR count). The number of anilines is 1. The molecule has 1 amide bonds. The molecule has 0 radical (unpaired) electrons. The van der Waals surface area contributed by atoms with Crippen molar-refractivity contribution in [1.82, 2.24) is 9.88 Å². The number of benzene rings is 1. The molecule has 0 unspecified atom stereocenters. The Hall–Kier alpha value is -3.00. The zero-order valence-corrected chi connectivity index (χ0v) is 16.0. The van der Waals surface area contributed by atoms with E-state index in [1.54, 1.807) is 6.08 Å². The summed E-state index contributed by atoms with van der Waals surface area (Å²) in [5, 5.41) is 12.5. The monoisotopic (exact) mass is 362 g/mol. The van der Waals surface area contributed by atoms with Crippen molar-refractivity contribution in [3.05, 3.63) is 53.9 Å². The second kappa shape index (κ2) is 8.59. The summed E-state index contributed by atoms with van der Waals surface area (Å²) in [5.41, 5.74) is 3.06. The molecule has 140 valence electrons. The zero-order chi connectivity index (χ0) is 19.2. The Labute approximate surface area is 160 Å². The largest absolute Gasteiger partial charge is 0.378 e. The molecule has 2 aromatic rings. The number of amides is 1. The molecule has 1 aliphatic carbocycles. The van der Waals surface area contributed by atoms with E-state index in [0.717, 1.165) is 42.8 Å². The fourth-order valence-electron chi connectivity index (χ4n) is 3.46. The van der Waals surface area contributed by atoms with E-state index < -0.39 is 0 Å². The van der Waals surface area contributed by atoms with E-state index in [4.69, 9.17) is 0 Å². The van der Waals surface area contributed by atoms with Crippen LogP contribution in [0.5, 0.6) is 0 Å². The highest BCUT2D eigenvalue weighted by atomic mass is 16.1. The Morgan fingerprint density at radius 1 is 1.19 bits per heavy atom. The third-order valence-electron chi connectivity index (χ3n) is 5.02. The highest BCUT2D eigenvalue weighted by Gasteiger charge is 2.18. The van der Waals surface area contributed by atoms with Crippen LogP contribution >= 0.6 is 0 Å². The van der Waals surface area contributed by atoms with E-state index in [0.29, 0.717) is 0 Å². The Morgan fingerprint density at radius 2 is 1.89 bits per heavy atom. The van der Waals surface area contributed by atoms with Crippen LogP contribution in [0.25, 0.3) is 11.8 Å². The maximum atomic E-state index is 12.5.